The minimum absolute atomic E-state index is 0.0659. The highest BCUT2D eigenvalue weighted by atomic mass is 16.6. The number of carbonyl (C=O) groups excluding carboxylic acids is 2. The molecule has 0 aromatic rings. The first-order chi connectivity index (χ1) is 37.6. The number of hydrogen-bond donors (Lipinski definition) is 1. The number of ether oxygens (including phenoxy) is 2. The number of allylic oxidation sites excluding steroid dienone is 16. The van der Waals surface area contributed by atoms with Crippen molar-refractivity contribution in [1.29, 1.82) is 0 Å². The van der Waals surface area contributed by atoms with E-state index in [-0.39, 0.29) is 25.2 Å². The molecule has 0 amide bonds. The lowest BCUT2D eigenvalue weighted by Gasteiger charge is -2.15. The molecule has 5 nitrogen and oxygen atoms in total. The molecule has 0 aromatic heterocycles. The van der Waals surface area contributed by atoms with Gasteiger partial charge in [-0.2, -0.15) is 0 Å². The molecule has 1 N–H and O–H groups in total. The van der Waals surface area contributed by atoms with E-state index < -0.39 is 6.10 Å². The number of aliphatic hydroxyl groups excluding tert-OH is 1. The van der Waals surface area contributed by atoms with Crippen LogP contribution in [0.15, 0.2) is 97.2 Å². The van der Waals surface area contributed by atoms with Gasteiger partial charge in [0.2, 0.25) is 0 Å². The number of hydrogen-bond acceptors (Lipinski definition) is 5. The Balaban J connectivity index is 3.46. The molecule has 0 rings (SSSR count). The van der Waals surface area contributed by atoms with Crippen molar-refractivity contribution in [2.75, 3.05) is 13.2 Å². The van der Waals surface area contributed by atoms with Crippen LogP contribution < -0.4 is 0 Å². The highest BCUT2D eigenvalue weighted by Crippen LogP contribution is 2.17. The molecule has 0 fully saturated rings. The Bertz CT molecular complexity index is 1430. The third-order valence-electron chi connectivity index (χ3n) is 14.4. The van der Waals surface area contributed by atoms with E-state index in [0.29, 0.717) is 12.8 Å². The van der Waals surface area contributed by atoms with Crippen molar-refractivity contribution in [3.63, 3.8) is 0 Å². The summed E-state index contributed by atoms with van der Waals surface area (Å²) >= 11 is 0. The van der Waals surface area contributed by atoms with Gasteiger partial charge < -0.3 is 14.6 Å². The van der Waals surface area contributed by atoms with Crippen molar-refractivity contribution >= 4 is 11.9 Å². The molecule has 0 aliphatic carbocycles. The Morgan fingerprint density at radius 3 is 0.855 bits per heavy atom. The smallest absolute Gasteiger partial charge is 0.306 e. The molecule has 0 aromatic carbocycles. The van der Waals surface area contributed by atoms with Crippen molar-refractivity contribution < 1.29 is 24.2 Å². The second kappa shape index (κ2) is 66.1. The lowest BCUT2D eigenvalue weighted by molar-refractivity contribution is -0.161. The summed E-state index contributed by atoms with van der Waals surface area (Å²) in [6.45, 7) is 4.05. The number of unbranched alkanes of at least 4 members (excludes halogenated alkanes) is 36. The highest BCUT2D eigenvalue weighted by Gasteiger charge is 2.16. The standard InChI is InChI=1S/C71H124O5/c1-3-5-7-9-11-13-15-17-19-21-23-25-27-29-31-32-33-34-35-36-37-38-40-42-44-46-48-50-52-54-56-58-60-62-64-66-71(74)76-69(67-72)68-75-70(73)65-63-61-59-57-55-53-51-49-47-45-43-41-39-30-28-26-24-22-20-18-16-14-12-10-8-6-4-2/h5,7,11,13,16-19,22-25,29,31,33-34,69,72H,3-4,6,8-10,12,14-15,20-21,26-28,30,32,35-68H2,1-2H3/b7-5-,13-11-,18-16-,19-17-,24-22-,25-23-,31-29-,34-33-. The van der Waals surface area contributed by atoms with E-state index >= 15 is 0 Å². The quantitative estimate of drug-likeness (QED) is 0.0373. The van der Waals surface area contributed by atoms with Crippen LogP contribution in [0, 0.1) is 0 Å². The summed E-state index contributed by atoms with van der Waals surface area (Å²) in [7, 11) is 0. The van der Waals surface area contributed by atoms with Gasteiger partial charge in [-0.1, -0.05) is 310 Å². The molecule has 5 heteroatoms. The Labute approximate surface area is 472 Å². The maximum absolute atomic E-state index is 12.4. The van der Waals surface area contributed by atoms with Gasteiger partial charge in [-0.05, 0) is 96.3 Å². The lowest BCUT2D eigenvalue weighted by Crippen LogP contribution is -2.28. The molecule has 0 radical (unpaired) electrons. The third-order valence-corrected chi connectivity index (χ3v) is 14.4. The van der Waals surface area contributed by atoms with Crippen LogP contribution in [0.1, 0.15) is 322 Å². The maximum Gasteiger partial charge on any atom is 0.306 e. The summed E-state index contributed by atoms with van der Waals surface area (Å²) in [6, 6.07) is 0. The van der Waals surface area contributed by atoms with Crippen LogP contribution in [0.4, 0.5) is 0 Å². The molecule has 0 saturated heterocycles. The molecule has 76 heavy (non-hydrogen) atoms. The number of esters is 2. The fourth-order valence-corrected chi connectivity index (χ4v) is 9.47. The van der Waals surface area contributed by atoms with Crippen molar-refractivity contribution in [3.05, 3.63) is 97.2 Å². The second-order valence-electron chi connectivity index (χ2n) is 21.8. The molecule has 438 valence electrons. The van der Waals surface area contributed by atoms with Gasteiger partial charge in [0, 0.05) is 12.8 Å². The van der Waals surface area contributed by atoms with E-state index in [2.05, 4.69) is 111 Å². The van der Waals surface area contributed by atoms with Gasteiger partial charge in [-0.3, -0.25) is 9.59 Å². The summed E-state index contributed by atoms with van der Waals surface area (Å²) in [4.78, 5) is 24.6. The van der Waals surface area contributed by atoms with E-state index in [0.717, 1.165) is 83.5 Å². The van der Waals surface area contributed by atoms with Crippen LogP contribution in [-0.2, 0) is 19.1 Å². The molecule has 1 atom stereocenters. The average Bonchev–Trinajstić information content (AvgIpc) is 3.42. The molecule has 0 bridgehead atoms. The number of carbonyl (C=O) groups is 2. The van der Waals surface area contributed by atoms with E-state index in [1.165, 1.54) is 212 Å². The summed E-state index contributed by atoms with van der Waals surface area (Å²) in [5.41, 5.74) is 0. The number of aliphatic hydroxyl groups is 1. The normalized spacial score (nSPS) is 12.8. The zero-order chi connectivity index (χ0) is 54.8. The van der Waals surface area contributed by atoms with E-state index in [1.54, 1.807) is 0 Å². The fraction of sp³-hybridized carbons (Fsp3) is 0.746. The van der Waals surface area contributed by atoms with Gasteiger partial charge in [-0.15, -0.1) is 0 Å². The molecule has 0 saturated carbocycles. The van der Waals surface area contributed by atoms with Crippen LogP contribution in [0.2, 0.25) is 0 Å². The largest absolute Gasteiger partial charge is 0.462 e. The Kier molecular flexibility index (Phi) is 63.3. The monoisotopic (exact) mass is 1060 g/mol. The topological polar surface area (TPSA) is 72.8 Å². The van der Waals surface area contributed by atoms with Crippen LogP contribution in [0.25, 0.3) is 0 Å². The molecule has 1 unspecified atom stereocenters. The zero-order valence-corrected chi connectivity index (χ0v) is 50.3. The summed E-state index contributed by atoms with van der Waals surface area (Å²) in [5, 5.41) is 9.69. The second-order valence-corrected chi connectivity index (χ2v) is 21.8. The first kappa shape index (κ1) is 72.8. The number of rotatable bonds is 60. The predicted octanol–water partition coefficient (Wildman–Crippen LogP) is 22.6. The minimum atomic E-state index is -0.776. The van der Waals surface area contributed by atoms with Gasteiger partial charge in [0.15, 0.2) is 6.10 Å². The van der Waals surface area contributed by atoms with E-state index in [9.17, 15) is 14.7 Å². The highest BCUT2D eigenvalue weighted by molar-refractivity contribution is 5.70. The minimum Gasteiger partial charge on any atom is -0.462 e. The van der Waals surface area contributed by atoms with Crippen molar-refractivity contribution in [2.45, 2.75) is 328 Å². The molecule has 0 aliphatic heterocycles. The van der Waals surface area contributed by atoms with Crippen LogP contribution in [0.3, 0.4) is 0 Å². The van der Waals surface area contributed by atoms with E-state index in [4.69, 9.17) is 9.47 Å². The van der Waals surface area contributed by atoms with Crippen molar-refractivity contribution in [1.82, 2.24) is 0 Å². The Morgan fingerprint density at radius 2 is 0.566 bits per heavy atom. The van der Waals surface area contributed by atoms with Crippen LogP contribution in [0.5, 0.6) is 0 Å². The third kappa shape index (κ3) is 63.4. The van der Waals surface area contributed by atoms with Crippen molar-refractivity contribution in [2.24, 2.45) is 0 Å². The summed E-state index contributed by atoms with van der Waals surface area (Å²) < 4.78 is 10.7. The van der Waals surface area contributed by atoms with Gasteiger partial charge in [0.05, 0.1) is 6.61 Å². The summed E-state index contributed by atoms with van der Waals surface area (Å²) in [6.07, 6.45) is 94.1. The molecule has 0 spiro atoms. The Hall–Kier alpha value is -3.18. The van der Waals surface area contributed by atoms with Gasteiger partial charge in [-0.25, -0.2) is 0 Å². The maximum atomic E-state index is 12.4. The molecular weight excluding hydrogens is 933 g/mol. The molecular formula is C71H124O5. The van der Waals surface area contributed by atoms with Crippen LogP contribution >= 0.6 is 0 Å². The first-order valence-electron chi connectivity index (χ1n) is 32.8. The molecule has 0 heterocycles. The average molecular weight is 1060 g/mol. The molecule has 0 aliphatic rings. The zero-order valence-electron chi connectivity index (χ0n) is 50.3. The Morgan fingerprint density at radius 1 is 0.316 bits per heavy atom. The predicted molar refractivity (Wildman–Crippen MR) is 334 cm³/mol. The first-order valence-corrected chi connectivity index (χ1v) is 32.8. The fourth-order valence-electron chi connectivity index (χ4n) is 9.47. The van der Waals surface area contributed by atoms with Crippen molar-refractivity contribution in [3.8, 4) is 0 Å². The SMILES string of the molecule is CC/C=C\C/C=C\C/C=C\C/C=C\C/C=C\C/C=C\CCCCCCCCCCCCCCCCCCC(=O)OC(CO)COC(=O)CCCCCCCCCCCCCCCCC/C=C\C/C=C\CCCCCCC. The summed E-state index contributed by atoms with van der Waals surface area (Å²) in [5.74, 6) is -0.580. The lowest BCUT2D eigenvalue weighted by atomic mass is 10.0. The van der Waals surface area contributed by atoms with Gasteiger partial charge >= 0.3 is 11.9 Å². The van der Waals surface area contributed by atoms with Gasteiger partial charge in [0.25, 0.3) is 0 Å². The van der Waals surface area contributed by atoms with Gasteiger partial charge in [0.1, 0.15) is 6.61 Å². The van der Waals surface area contributed by atoms with Crippen LogP contribution in [-0.4, -0.2) is 36.4 Å². The van der Waals surface area contributed by atoms with E-state index in [1.807, 2.05) is 0 Å².